The number of sulfonamides is 2. The molecule has 1 aliphatic heterocycles. The average molecular weight is 588 g/mol. The van der Waals surface area contributed by atoms with Crippen molar-refractivity contribution in [3.8, 4) is 0 Å². The van der Waals surface area contributed by atoms with Gasteiger partial charge >= 0.3 is 0 Å². The van der Waals surface area contributed by atoms with E-state index < -0.39 is 32.5 Å². The zero-order valence-electron chi connectivity index (χ0n) is 22.0. The summed E-state index contributed by atoms with van der Waals surface area (Å²) in [5.41, 5.74) is 1.70. The molecule has 0 saturated carbocycles. The van der Waals surface area contributed by atoms with Crippen LogP contribution in [0.1, 0.15) is 31.2 Å². The van der Waals surface area contributed by atoms with Gasteiger partial charge in [0.1, 0.15) is 6.54 Å². The molecule has 39 heavy (non-hydrogen) atoms. The molecule has 0 bridgehead atoms. The highest BCUT2D eigenvalue weighted by molar-refractivity contribution is 7.98. The Hall–Kier alpha value is -2.86. The van der Waals surface area contributed by atoms with E-state index in [1.807, 2.05) is 13.2 Å². The third kappa shape index (κ3) is 7.02. The summed E-state index contributed by atoms with van der Waals surface area (Å²) >= 11 is 1.50. The van der Waals surface area contributed by atoms with E-state index >= 15 is 0 Å². The first kappa shape index (κ1) is 29.1. The minimum Gasteiger partial charge on any atom is -0.325 e. The Morgan fingerprint density at radius 2 is 1.38 bits per heavy atom. The van der Waals surface area contributed by atoms with Crippen molar-refractivity contribution in [3.63, 3.8) is 0 Å². The lowest BCUT2D eigenvalue weighted by Gasteiger charge is -2.24. The van der Waals surface area contributed by atoms with E-state index in [2.05, 4.69) is 5.32 Å². The molecule has 3 aromatic carbocycles. The molecular formula is C28H33N3O5S3. The van der Waals surface area contributed by atoms with Gasteiger partial charge in [0.05, 0.1) is 15.5 Å². The van der Waals surface area contributed by atoms with Crippen molar-refractivity contribution < 1.29 is 21.6 Å². The number of carbonyl (C=O) groups is 1. The largest absolute Gasteiger partial charge is 0.325 e. The SMILES string of the molecule is CSc1ccc(S(=O)(=O)N(CC(=O)Nc2ccc(S(=O)(=O)N3CCCCCC3)cc2)c2ccc(C)cc2)cc1. The van der Waals surface area contributed by atoms with Crippen molar-refractivity contribution in [2.45, 2.75) is 47.3 Å². The molecule has 1 N–H and O–H groups in total. The Labute approximate surface area is 235 Å². The number of aryl methyl sites for hydroxylation is 1. The maximum absolute atomic E-state index is 13.6. The molecule has 0 spiro atoms. The van der Waals surface area contributed by atoms with Crippen LogP contribution in [0.3, 0.4) is 0 Å². The Bertz CT molecular complexity index is 1480. The van der Waals surface area contributed by atoms with Gasteiger partial charge in [-0.05, 0) is 86.7 Å². The average Bonchev–Trinajstić information content (AvgIpc) is 3.23. The third-order valence-electron chi connectivity index (χ3n) is 6.60. The first-order chi connectivity index (χ1) is 18.6. The van der Waals surface area contributed by atoms with E-state index in [0.717, 1.165) is 40.4 Å². The van der Waals surface area contributed by atoms with Gasteiger partial charge in [-0.2, -0.15) is 4.31 Å². The highest BCUT2D eigenvalue weighted by Gasteiger charge is 2.28. The number of hydrogen-bond donors (Lipinski definition) is 1. The van der Waals surface area contributed by atoms with E-state index in [1.54, 1.807) is 36.4 Å². The van der Waals surface area contributed by atoms with E-state index in [0.29, 0.717) is 24.5 Å². The van der Waals surface area contributed by atoms with Crippen LogP contribution in [0.25, 0.3) is 0 Å². The minimum atomic E-state index is -4.04. The number of nitrogens with one attached hydrogen (secondary N) is 1. The van der Waals surface area contributed by atoms with Gasteiger partial charge in [-0.15, -0.1) is 11.8 Å². The van der Waals surface area contributed by atoms with Gasteiger partial charge in [-0.1, -0.05) is 30.5 Å². The zero-order chi connectivity index (χ0) is 28.0. The van der Waals surface area contributed by atoms with Crippen LogP contribution in [0, 0.1) is 6.92 Å². The molecule has 0 unspecified atom stereocenters. The Kier molecular flexibility index (Phi) is 9.37. The molecule has 1 aliphatic rings. The molecule has 1 fully saturated rings. The van der Waals surface area contributed by atoms with Crippen molar-refractivity contribution >= 4 is 49.1 Å². The van der Waals surface area contributed by atoms with Crippen molar-refractivity contribution in [3.05, 3.63) is 78.4 Å². The second-order valence-electron chi connectivity index (χ2n) is 9.41. The molecule has 1 heterocycles. The van der Waals surface area contributed by atoms with Crippen LogP contribution in [0.4, 0.5) is 11.4 Å². The van der Waals surface area contributed by atoms with E-state index in [9.17, 15) is 21.6 Å². The molecular weight excluding hydrogens is 555 g/mol. The van der Waals surface area contributed by atoms with E-state index in [4.69, 9.17) is 0 Å². The monoisotopic (exact) mass is 587 g/mol. The van der Waals surface area contributed by atoms with Crippen molar-refractivity contribution in [2.75, 3.05) is 35.5 Å². The number of rotatable bonds is 9. The van der Waals surface area contributed by atoms with Crippen molar-refractivity contribution in [1.29, 1.82) is 0 Å². The molecule has 1 amide bonds. The number of thioether (sulfide) groups is 1. The highest BCUT2D eigenvalue weighted by atomic mass is 32.2. The summed E-state index contributed by atoms with van der Waals surface area (Å²) in [6.07, 6.45) is 5.64. The summed E-state index contributed by atoms with van der Waals surface area (Å²) in [5.74, 6) is -0.553. The smallest absolute Gasteiger partial charge is 0.264 e. The first-order valence-electron chi connectivity index (χ1n) is 12.7. The number of carbonyl (C=O) groups excluding carboxylic acids is 1. The quantitative estimate of drug-likeness (QED) is 0.349. The predicted molar refractivity (Wildman–Crippen MR) is 156 cm³/mol. The molecule has 3 aromatic rings. The maximum Gasteiger partial charge on any atom is 0.264 e. The number of nitrogens with zero attached hydrogens (tertiary/aromatic N) is 2. The van der Waals surface area contributed by atoms with Crippen LogP contribution in [-0.2, 0) is 24.8 Å². The normalized spacial score (nSPS) is 14.9. The number of amides is 1. The summed E-state index contributed by atoms with van der Waals surface area (Å²) in [5, 5.41) is 2.71. The fraction of sp³-hybridized carbons (Fsp3) is 0.321. The minimum absolute atomic E-state index is 0.0803. The van der Waals surface area contributed by atoms with Gasteiger partial charge in [-0.25, -0.2) is 16.8 Å². The van der Waals surface area contributed by atoms with E-state index in [1.165, 1.54) is 52.5 Å². The molecule has 1 saturated heterocycles. The predicted octanol–water partition coefficient (Wildman–Crippen LogP) is 5.12. The second kappa shape index (κ2) is 12.5. The van der Waals surface area contributed by atoms with Crippen LogP contribution in [0.5, 0.6) is 0 Å². The van der Waals surface area contributed by atoms with Crippen molar-refractivity contribution in [2.24, 2.45) is 0 Å². The van der Waals surface area contributed by atoms with Gasteiger partial charge in [0.2, 0.25) is 15.9 Å². The fourth-order valence-corrected chi connectivity index (χ4v) is 7.72. The Morgan fingerprint density at radius 3 is 1.95 bits per heavy atom. The van der Waals surface area contributed by atoms with Gasteiger partial charge in [0.15, 0.2) is 0 Å². The topological polar surface area (TPSA) is 104 Å². The first-order valence-corrected chi connectivity index (χ1v) is 16.9. The zero-order valence-corrected chi connectivity index (χ0v) is 24.5. The van der Waals surface area contributed by atoms with Crippen LogP contribution < -0.4 is 9.62 Å². The number of anilines is 2. The maximum atomic E-state index is 13.6. The van der Waals surface area contributed by atoms with Gasteiger partial charge in [0.25, 0.3) is 10.0 Å². The van der Waals surface area contributed by atoms with Crippen LogP contribution in [-0.4, -0.2) is 52.9 Å². The molecule has 4 rings (SSSR count). The molecule has 0 atom stereocenters. The Balaban J connectivity index is 1.53. The molecule has 208 valence electrons. The lowest BCUT2D eigenvalue weighted by Crippen LogP contribution is -2.38. The molecule has 0 aliphatic carbocycles. The van der Waals surface area contributed by atoms with Gasteiger partial charge < -0.3 is 5.32 Å². The van der Waals surface area contributed by atoms with Crippen molar-refractivity contribution in [1.82, 2.24) is 4.31 Å². The molecule has 8 nitrogen and oxygen atoms in total. The summed E-state index contributed by atoms with van der Waals surface area (Å²) in [7, 11) is -7.66. The number of hydrogen-bond acceptors (Lipinski definition) is 6. The molecule has 0 aromatic heterocycles. The summed E-state index contributed by atoms with van der Waals surface area (Å²) in [4.78, 5) is 14.2. The van der Waals surface area contributed by atoms with E-state index in [-0.39, 0.29) is 9.79 Å². The second-order valence-corrected chi connectivity index (χ2v) is 14.1. The van der Waals surface area contributed by atoms with Crippen LogP contribution in [0.15, 0.2) is 87.5 Å². The summed E-state index contributed by atoms with van der Waals surface area (Å²) < 4.78 is 55.9. The molecule has 11 heteroatoms. The lowest BCUT2D eigenvalue weighted by atomic mass is 10.2. The number of benzene rings is 3. The van der Waals surface area contributed by atoms with Crippen LogP contribution >= 0.6 is 11.8 Å². The molecule has 0 radical (unpaired) electrons. The fourth-order valence-electron chi connectivity index (χ4n) is 4.37. The Morgan fingerprint density at radius 1 is 0.821 bits per heavy atom. The van der Waals surface area contributed by atoms with Gasteiger partial charge in [0, 0.05) is 23.7 Å². The van der Waals surface area contributed by atoms with Crippen LogP contribution in [0.2, 0.25) is 0 Å². The summed E-state index contributed by atoms with van der Waals surface area (Å²) in [6, 6.07) is 19.4. The highest BCUT2D eigenvalue weighted by Crippen LogP contribution is 2.26. The third-order valence-corrected chi connectivity index (χ3v) is 11.0. The summed E-state index contributed by atoms with van der Waals surface area (Å²) in [6.45, 7) is 2.45. The van der Waals surface area contributed by atoms with Gasteiger partial charge in [-0.3, -0.25) is 9.10 Å². The lowest BCUT2D eigenvalue weighted by molar-refractivity contribution is -0.114. The standard InChI is InChI=1S/C28H33N3O5S3/c1-22-7-11-24(12-8-22)31(39(35,36)27-17-13-25(37-2)14-18-27)21-28(32)29-23-9-15-26(16-10-23)38(33,34)30-19-5-3-4-6-20-30/h7-18H,3-6,19-21H2,1-2H3,(H,29,32).